The summed E-state index contributed by atoms with van der Waals surface area (Å²) in [6, 6.07) is 12.2. The van der Waals surface area contributed by atoms with Crippen LogP contribution in [-0.4, -0.2) is 37.3 Å². The second kappa shape index (κ2) is 6.73. The highest BCUT2D eigenvalue weighted by molar-refractivity contribution is 5.89. The zero-order valence-electron chi connectivity index (χ0n) is 12.5. The van der Waals surface area contributed by atoms with Gasteiger partial charge in [0, 0.05) is 37.3 Å². The van der Waals surface area contributed by atoms with Crippen LogP contribution in [0.5, 0.6) is 5.75 Å². The quantitative estimate of drug-likeness (QED) is 0.817. The summed E-state index contributed by atoms with van der Waals surface area (Å²) < 4.78 is 5.08. The normalized spacial score (nSPS) is 13.0. The lowest BCUT2D eigenvalue weighted by Gasteiger charge is -2.26. The second-order valence-corrected chi connectivity index (χ2v) is 5.23. The van der Waals surface area contributed by atoms with Gasteiger partial charge in [-0.05, 0) is 25.8 Å². The van der Waals surface area contributed by atoms with Crippen LogP contribution in [0, 0.1) is 0 Å². The van der Waals surface area contributed by atoms with Gasteiger partial charge >= 0.3 is 0 Å². The SMILES string of the molecule is COCCCN(C)C(C)c1ccc2ccccc2c1O. The first-order chi connectivity index (χ1) is 9.65. The van der Waals surface area contributed by atoms with Crippen molar-refractivity contribution in [2.24, 2.45) is 0 Å². The first-order valence-corrected chi connectivity index (χ1v) is 7.05. The van der Waals surface area contributed by atoms with Crippen LogP contribution in [0.25, 0.3) is 10.8 Å². The number of nitrogens with zero attached hydrogens (tertiary/aromatic N) is 1. The molecule has 0 aromatic heterocycles. The molecule has 3 nitrogen and oxygen atoms in total. The van der Waals surface area contributed by atoms with Crippen molar-refractivity contribution in [1.29, 1.82) is 0 Å². The van der Waals surface area contributed by atoms with Gasteiger partial charge in [-0.25, -0.2) is 0 Å². The van der Waals surface area contributed by atoms with Crippen molar-refractivity contribution in [3.05, 3.63) is 42.0 Å². The maximum absolute atomic E-state index is 10.5. The van der Waals surface area contributed by atoms with Crippen LogP contribution in [-0.2, 0) is 4.74 Å². The Kier molecular flexibility index (Phi) is 4.99. The molecule has 1 atom stereocenters. The molecule has 1 unspecified atom stereocenters. The summed E-state index contributed by atoms with van der Waals surface area (Å²) in [4.78, 5) is 2.24. The van der Waals surface area contributed by atoms with Crippen molar-refractivity contribution in [2.45, 2.75) is 19.4 Å². The smallest absolute Gasteiger partial charge is 0.128 e. The molecule has 0 aliphatic carbocycles. The van der Waals surface area contributed by atoms with Gasteiger partial charge in [0.2, 0.25) is 0 Å². The van der Waals surface area contributed by atoms with Gasteiger partial charge in [-0.2, -0.15) is 0 Å². The molecule has 0 spiro atoms. The first kappa shape index (κ1) is 14.8. The topological polar surface area (TPSA) is 32.7 Å². The minimum Gasteiger partial charge on any atom is -0.507 e. The Hall–Kier alpha value is -1.58. The summed E-state index contributed by atoms with van der Waals surface area (Å²) in [5.74, 6) is 0.397. The molecular weight excluding hydrogens is 250 g/mol. The number of aromatic hydroxyl groups is 1. The predicted octanol–water partition coefficient (Wildman–Crippen LogP) is 3.57. The van der Waals surface area contributed by atoms with Crippen LogP contribution in [0.4, 0.5) is 0 Å². The number of hydrogen-bond acceptors (Lipinski definition) is 3. The van der Waals surface area contributed by atoms with Crippen LogP contribution < -0.4 is 0 Å². The Morgan fingerprint density at radius 3 is 2.70 bits per heavy atom. The molecule has 2 aromatic rings. The van der Waals surface area contributed by atoms with Gasteiger partial charge in [0.25, 0.3) is 0 Å². The van der Waals surface area contributed by atoms with Crippen LogP contribution in [0.2, 0.25) is 0 Å². The molecule has 0 heterocycles. The van der Waals surface area contributed by atoms with E-state index < -0.39 is 0 Å². The Morgan fingerprint density at radius 2 is 1.95 bits per heavy atom. The molecule has 0 saturated heterocycles. The van der Waals surface area contributed by atoms with E-state index >= 15 is 0 Å². The predicted molar refractivity (Wildman–Crippen MR) is 83.2 cm³/mol. The number of phenols is 1. The molecule has 0 radical (unpaired) electrons. The van der Waals surface area contributed by atoms with Gasteiger partial charge < -0.3 is 9.84 Å². The molecule has 0 bridgehead atoms. The van der Waals surface area contributed by atoms with E-state index in [1.54, 1.807) is 7.11 Å². The highest BCUT2D eigenvalue weighted by Crippen LogP contribution is 2.34. The summed E-state index contributed by atoms with van der Waals surface area (Å²) in [5, 5.41) is 12.5. The fourth-order valence-corrected chi connectivity index (χ4v) is 2.50. The van der Waals surface area contributed by atoms with E-state index in [0.717, 1.165) is 35.9 Å². The maximum atomic E-state index is 10.5. The number of phenolic OH excluding ortho intramolecular Hbond substituents is 1. The molecule has 0 aliphatic rings. The monoisotopic (exact) mass is 273 g/mol. The van der Waals surface area contributed by atoms with Crippen molar-refractivity contribution >= 4 is 10.8 Å². The third-order valence-electron chi connectivity index (χ3n) is 3.90. The molecule has 20 heavy (non-hydrogen) atoms. The van der Waals surface area contributed by atoms with E-state index in [1.165, 1.54) is 0 Å². The van der Waals surface area contributed by atoms with Gasteiger partial charge in [0.1, 0.15) is 5.75 Å². The lowest BCUT2D eigenvalue weighted by Crippen LogP contribution is -2.24. The third-order valence-corrected chi connectivity index (χ3v) is 3.90. The van der Waals surface area contributed by atoms with E-state index in [4.69, 9.17) is 4.74 Å². The molecule has 108 valence electrons. The summed E-state index contributed by atoms with van der Waals surface area (Å²) in [6.07, 6.45) is 0.992. The summed E-state index contributed by atoms with van der Waals surface area (Å²) in [5.41, 5.74) is 0.976. The van der Waals surface area contributed by atoms with Gasteiger partial charge in [-0.1, -0.05) is 36.4 Å². The first-order valence-electron chi connectivity index (χ1n) is 7.05. The van der Waals surface area contributed by atoms with Crippen molar-refractivity contribution < 1.29 is 9.84 Å². The molecule has 0 aliphatic heterocycles. The fourth-order valence-electron chi connectivity index (χ4n) is 2.50. The average molecular weight is 273 g/mol. The molecule has 3 heteroatoms. The van der Waals surface area contributed by atoms with Gasteiger partial charge in [-0.3, -0.25) is 4.90 Å². The number of fused-ring (bicyclic) bond motifs is 1. The molecule has 2 rings (SSSR count). The molecule has 0 fully saturated rings. The van der Waals surface area contributed by atoms with Crippen molar-refractivity contribution in [1.82, 2.24) is 4.90 Å². The Morgan fingerprint density at radius 1 is 1.20 bits per heavy atom. The highest BCUT2D eigenvalue weighted by atomic mass is 16.5. The van der Waals surface area contributed by atoms with E-state index in [1.807, 2.05) is 30.3 Å². The third kappa shape index (κ3) is 3.11. The maximum Gasteiger partial charge on any atom is 0.128 e. The lowest BCUT2D eigenvalue weighted by atomic mass is 10.0. The van der Waals surface area contributed by atoms with Crippen molar-refractivity contribution in [2.75, 3.05) is 27.3 Å². The molecular formula is C17H23NO2. The Labute approximate surface area is 120 Å². The summed E-state index contributed by atoms with van der Waals surface area (Å²) in [7, 11) is 3.80. The zero-order chi connectivity index (χ0) is 14.5. The fraction of sp³-hybridized carbons (Fsp3) is 0.412. The molecule has 2 aromatic carbocycles. The minimum absolute atomic E-state index is 0.177. The van der Waals surface area contributed by atoms with Crippen LogP contribution in [0.3, 0.4) is 0 Å². The molecule has 0 amide bonds. The van der Waals surface area contributed by atoms with E-state index in [0.29, 0.717) is 5.75 Å². The molecule has 1 N–H and O–H groups in total. The zero-order valence-corrected chi connectivity index (χ0v) is 12.5. The number of ether oxygens (including phenoxy) is 1. The van der Waals surface area contributed by atoms with Gasteiger partial charge in [-0.15, -0.1) is 0 Å². The summed E-state index contributed by atoms with van der Waals surface area (Å²) >= 11 is 0. The highest BCUT2D eigenvalue weighted by Gasteiger charge is 2.16. The van der Waals surface area contributed by atoms with Crippen LogP contribution >= 0.6 is 0 Å². The van der Waals surface area contributed by atoms with Crippen molar-refractivity contribution in [3.8, 4) is 5.75 Å². The van der Waals surface area contributed by atoms with Gasteiger partial charge in [0.05, 0.1) is 0 Å². The lowest BCUT2D eigenvalue weighted by molar-refractivity contribution is 0.168. The largest absolute Gasteiger partial charge is 0.507 e. The molecule has 0 saturated carbocycles. The minimum atomic E-state index is 0.177. The van der Waals surface area contributed by atoms with Crippen molar-refractivity contribution in [3.63, 3.8) is 0 Å². The van der Waals surface area contributed by atoms with E-state index in [9.17, 15) is 5.11 Å². The van der Waals surface area contributed by atoms with Crippen LogP contribution in [0.1, 0.15) is 24.9 Å². The Bertz CT molecular complexity index is 568. The van der Waals surface area contributed by atoms with Gasteiger partial charge in [0.15, 0.2) is 0 Å². The standard InChI is InChI=1S/C17H23NO2/c1-13(18(2)11-6-12-20-3)15-10-9-14-7-4-5-8-16(14)17(15)19/h4-5,7-10,13,19H,6,11-12H2,1-3H3. The number of rotatable bonds is 6. The average Bonchev–Trinajstić information content (AvgIpc) is 2.47. The summed E-state index contributed by atoms with van der Waals surface area (Å²) in [6.45, 7) is 3.83. The number of methoxy groups -OCH3 is 1. The second-order valence-electron chi connectivity index (χ2n) is 5.23. The van der Waals surface area contributed by atoms with E-state index in [2.05, 4.69) is 24.9 Å². The number of benzene rings is 2. The Balaban J connectivity index is 2.21. The number of hydrogen-bond donors (Lipinski definition) is 1. The van der Waals surface area contributed by atoms with E-state index in [-0.39, 0.29) is 6.04 Å². The van der Waals surface area contributed by atoms with Crippen LogP contribution in [0.15, 0.2) is 36.4 Å².